The van der Waals surface area contributed by atoms with Crippen LogP contribution in [0.2, 0.25) is 0 Å². The van der Waals surface area contributed by atoms with Gasteiger partial charge < -0.3 is 4.57 Å². The van der Waals surface area contributed by atoms with Crippen molar-refractivity contribution in [1.29, 1.82) is 0 Å². The predicted octanol–water partition coefficient (Wildman–Crippen LogP) is 5.00. The lowest BCUT2D eigenvalue weighted by Crippen LogP contribution is -1.96. The molecule has 0 N–H and O–H groups in total. The van der Waals surface area contributed by atoms with Crippen LogP contribution in [0.4, 0.5) is 0 Å². The van der Waals surface area contributed by atoms with Crippen molar-refractivity contribution in [1.82, 2.24) is 4.57 Å². The summed E-state index contributed by atoms with van der Waals surface area (Å²) in [5.74, 6) is 0. The smallest absolute Gasteiger partial charge is 0.0579 e. The monoisotopic (exact) mass is 280 g/mol. The fourth-order valence-corrected chi connectivity index (χ4v) is 3.63. The SMILES string of the molecule is [c]1cccc2c1c1c(n2-c2ccccc2)-c2ccccc2C1. The Kier molecular flexibility index (Phi) is 2.33. The van der Waals surface area contributed by atoms with E-state index < -0.39 is 0 Å². The second-order valence-electron chi connectivity index (χ2n) is 5.76. The minimum atomic E-state index is 1.00. The van der Waals surface area contributed by atoms with Gasteiger partial charge in [0.05, 0.1) is 11.2 Å². The maximum absolute atomic E-state index is 3.46. The third-order valence-corrected chi connectivity index (χ3v) is 4.54. The third-order valence-electron chi connectivity index (χ3n) is 4.54. The summed E-state index contributed by atoms with van der Waals surface area (Å²) in [7, 11) is 0. The number of hydrogen-bond acceptors (Lipinski definition) is 0. The molecule has 4 aromatic rings. The highest BCUT2D eigenvalue weighted by Crippen LogP contribution is 2.43. The van der Waals surface area contributed by atoms with Crippen LogP contribution in [-0.2, 0) is 6.42 Å². The molecule has 103 valence electrons. The van der Waals surface area contributed by atoms with Crippen LogP contribution < -0.4 is 0 Å². The molecule has 1 radical (unpaired) electrons. The molecule has 0 saturated carbocycles. The lowest BCUT2D eigenvalue weighted by molar-refractivity contribution is 1.13. The number of para-hydroxylation sites is 1. The molecule has 0 bridgehead atoms. The summed E-state index contributed by atoms with van der Waals surface area (Å²) in [6, 6.07) is 29.1. The van der Waals surface area contributed by atoms with Crippen molar-refractivity contribution in [3.05, 3.63) is 90.0 Å². The molecule has 1 heterocycles. The highest BCUT2D eigenvalue weighted by Gasteiger charge is 2.26. The molecule has 1 aromatic heterocycles. The van der Waals surface area contributed by atoms with Gasteiger partial charge in [0.25, 0.3) is 0 Å². The molecule has 0 unspecified atom stereocenters. The molecular formula is C21H14N. The summed E-state index contributed by atoms with van der Waals surface area (Å²) in [6.45, 7) is 0. The predicted molar refractivity (Wildman–Crippen MR) is 90.4 cm³/mol. The lowest BCUT2D eigenvalue weighted by Gasteiger charge is -2.11. The first-order valence-corrected chi connectivity index (χ1v) is 7.61. The minimum Gasteiger partial charge on any atom is -0.309 e. The van der Waals surface area contributed by atoms with Gasteiger partial charge in [0.15, 0.2) is 0 Å². The van der Waals surface area contributed by atoms with E-state index in [2.05, 4.69) is 77.4 Å². The van der Waals surface area contributed by atoms with Gasteiger partial charge in [-0.25, -0.2) is 0 Å². The van der Waals surface area contributed by atoms with Crippen molar-refractivity contribution in [2.45, 2.75) is 6.42 Å². The van der Waals surface area contributed by atoms with Crippen LogP contribution in [0.3, 0.4) is 0 Å². The fraction of sp³-hybridized carbons (Fsp3) is 0.0476. The standard InChI is InChI=1S/C21H14N/c1-2-9-16(10-3-1)22-20-13-7-6-12-18(20)19-14-15-8-4-5-11-17(15)21(19)22/h1-11,13H,14H2. The van der Waals surface area contributed by atoms with Crippen molar-refractivity contribution < 1.29 is 0 Å². The zero-order valence-electron chi connectivity index (χ0n) is 12.1. The third kappa shape index (κ3) is 1.48. The van der Waals surface area contributed by atoms with E-state index in [1.54, 1.807) is 0 Å². The first kappa shape index (κ1) is 11.8. The second-order valence-corrected chi connectivity index (χ2v) is 5.76. The Hall–Kier alpha value is -2.80. The highest BCUT2D eigenvalue weighted by molar-refractivity contribution is 5.96. The molecule has 0 atom stereocenters. The Morgan fingerprint density at radius 3 is 2.55 bits per heavy atom. The van der Waals surface area contributed by atoms with Gasteiger partial charge >= 0.3 is 0 Å². The molecule has 0 amide bonds. The topological polar surface area (TPSA) is 4.93 Å². The van der Waals surface area contributed by atoms with Crippen molar-refractivity contribution >= 4 is 10.9 Å². The van der Waals surface area contributed by atoms with E-state index in [9.17, 15) is 0 Å². The molecule has 22 heavy (non-hydrogen) atoms. The Labute approximate surface area is 129 Å². The van der Waals surface area contributed by atoms with Gasteiger partial charge in [0.1, 0.15) is 0 Å². The van der Waals surface area contributed by atoms with Crippen LogP contribution in [-0.4, -0.2) is 4.57 Å². The average Bonchev–Trinajstić information content (AvgIpc) is 3.10. The summed E-state index contributed by atoms with van der Waals surface area (Å²) in [5.41, 5.74) is 7.96. The number of rotatable bonds is 1. The Bertz CT molecular complexity index is 993. The summed E-state index contributed by atoms with van der Waals surface area (Å²) in [4.78, 5) is 0. The van der Waals surface area contributed by atoms with E-state index in [1.807, 2.05) is 6.07 Å². The highest BCUT2D eigenvalue weighted by atomic mass is 15.0. The van der Waals surface area contributed by atoms with Crippen molar-refractivity contribution in [2.24, 2.45) is 0 Å². The van der Waals surface area contributed by atoms with Crippen LogP contribution >= 0.6 is 0 Å². The van der Waals surface area contributed by atoms with Gasteiger partial charge in [-0.3, -0.25) is 0 Å². The van der Waals surface area contributed by atoms with Crippen LogP contribution in [0.25, 0.3) is 27.8 Å². The van der Waals surface area contributed by atoms with Crippen molar-refractivity contribution in [3.8, 4) is 16.9 Å². The average molecular weight is 280 g/mol. The van der Waals surface area contributed by atoms with E-state index in [1.165, 1.54) is 39.0 Å². The molecule has 0 aliphatic heterocycles. The van der Waals surface area contributed by atoms with Crippen LogP contribution in [0.1, 0.15) is 11.1 Å². The van der Waals surface area contributed by atoms with Crippen LogP contribution in [0.15, 0.2) is 72.8 Å². The molecule has 0 saturated heterocycles. The van der Waals surface area contributed by atoms with Crippen molar-refractivity contribution in [2.75, 3.05) is 0 Å². The van der Waals surface area contributed by atoms with E-state index in [0.29, 0.717) is 0 Å². The first-order chi connectivity index (χ1) is 10.9. The van der Waals surface area contributed by atoms with Gasteiger partial charge in [0, 0.05) is 23.1 Å². The molecule has 1 nitrogen and oxygen atoms in total. The number of fused-ring (bicyclic) bond motifs is 5. The quantitative estimate of drug-likeness (QED) is 0.407. The zero-order valence-corrected chi connectivity index (χ0v) is 12.1. The van der Waals surface area contributed by atoms with Crippen molar-refractivity contribution in [3.63, 3.8) is 0 Å². The number of nitrogens with zero attached hydrogens (tertiary/aromatic N) is 1. The van der Waals surface area contributed by atoms with Gasteiger partial charge in [0.2, 0.25) is 0 Å². The molecule has 0 spiro atoms. The number of aromatic nitrogens is 1. The Morgan fingerprint density at radius 2 is 1.64 bits per heavy atom. The number of benzene rings is 3. The molecule has 1 aliphatic carbocycles. The fourth-order valence-electron chi connectivity index (χ4n) is 3.63. The van der Waals surface area contributed by atoms with Gasteiger partial charge in [-0.1, -0.05) is 54.6 Å². The van der Waals surface area contributed by atoms with E-state index in [0.717, 1.165) is 6.42 Å². The largest absolute Gasteiger partial charge is 0.309 e. The van der Waals surface area contributed by atoms with Gasteiger partial charge in [-0.05, 0) is 35.4 Å². The summed E-state index contributed by atoms with van der Waals surface area (Å²) in [5, 5.41) is 1.25. The molecule has 5 rings (SSSR count). The van der Waals surface area contributed by atoms with Crippen LogP contribution in [0, 0.1) is 6.07 Å². The van der Waals surface area contributed by atoms with E-state index >= 15 is 0 Å². The maximum Gasteiger partial charge on any atom is 0.0579 e. The van der Waals surface area contributed by atoms with E-state index in [-0.39, 0.29) is 0 Å². The Balaban J connectivity index is 1.95. The lowest BCUT2D eigenvalue weighted by atomic mass is 10.1. The van der Waals surface area contributed by atoms with Crippen LogP contribution in [0.5, 0.6) is 0 Å². The molecule has 3 aromatic carbocycles. The summed E-state index contributed by atoms with van der Waals surface area (Å²) in [6.07, 6.45) is 1.00. The minimum absolute atomic E-state index is 1.00. The summed E-state index contributed by atoms with van der Waals surface area (Å²) < 4.78 is 2.38. The molecule has 1 heteroatoms. The van der Waals surface area contributed by atoms with Gasteiger partial charge in [-0.2, -0.15) is 0 Å². The molecule has 1 aliphatic rings. The maximum atomic E-state index is 3.46. The Morgan fingerprint density at radius 1 is 0.818 bits per heavy atom. The first-order valence-electron chi connectivity index (χ1n) is 7.61. The zero-order chi connectivity index (χ0) is 14.5. The molecular weight excluding hydrogens is 266 g/mol. The number of hydrogen-bond donors (Lipinski definition) is 0. The van der Waals surface area contributed by atoms with E-state index in [4.69, 9.17) is 0 Å². The second kappa shape index (κ2) is 4.35. The summed E-state index contributed by atoms with van der Waals surface area (Å²) >= 11 is 0. The van der Waals surface area contributed by atoms with Gasteiger partial charge in [-0.15, -0.1) is 0 Å². The normalized spacial score (nSPS) is 12.4. The molecule has 0 fully saturated rings.